The van der Waals surface area contributed by atoms with Gasteiger partial charge in [-0.3, -0.25) is 4.98 Å². The number of pyridine rings is 1. The van der Waals surface area contributed by atoms with Crippen LogP contribution in [0.4, 0.5) is 4.39 Å². The SMILES string of the molecule is Cc1sc(C(C)O)nc1-c1ccc(F)cn1. The number of thiazole rings is 1. The molecule has 1 atom stereocenters. The number of hydrogen-bond donors (Lipinski definition) is 1. The normalized spacial score (nSPS) is 12.8. The minimum absolute atomic E-state index is 0.368. The van der Waals surface area contributed by atoms with Crippen LogP contribution in [-0.4, -0.2) is 15.1 Å². The molecule has 0 aliphatic heterocycles. The Morgan fingerprint density at radius 3 is 2.69 bits per heavy atom. The highest BCUT2D eigenvalue weighted by Crippen LogP contribution is 2.29. The number of aryl methyl sites for hydroxylation is 1. The van der Waals surface area contributed by atoms with Gasteiger partial charge in [0.1, 0.15) is 22.6 Å². The Morgan fingerprint density at radius 1 is 1.44 bits per heavy atom. The van der Waals surface area contributed by atoms with E-state index in [1.54, 1.807) is 13.0 Å². The van der Waals surface area contributed by atoms with Crippen molar-refractivity contribution >= 4 is 11.3 Å². The minimum Gasteiger partial charge on any atom is -0.386 e. The van der Waals surface area contributed by atoms with Crippen LogP contribution in [0.25, 0.3) is 11.4 Å². The zero-order valence-corrected chi connectivity index (χ0v) is 9.75. The van der Waals surface area contributed by atoms with E-state index in [9.17, 15) is 9.50 Å². The number of hydrogen-bond acceptors (Lipinski definition) is 4. The van der Waals surface area contributed by atoms with Crippen molar-refractivity contribution in [3.05, 3.63) is 34.0 Å². The van der Waals surface area contributed by atoms with Gasteiger partial charge in [-0.2, -0.15) is 0 Å². The van der Waals surface area contributed by atoms with E-state index in [1.165, 1.54) is 17.4 Å². The summed E-state index contributed by atoms with van der Waals surface area (Å²) in [5, 5.41) is 10.1. The monoisotopic (exact) mass is 238 g/mol. The second kappa shape index (κ2) is 4.27. The molecule has 0 saturated heterocycles. The fraction of sp³-hybridized carbons (Fsp3) is 0.273. The first-order chi connectivity index (χ1) is 7.58. The molecule has 2 rings (SSSR count). The highest BCUT2D eigenvalue weighted by molar-refractivity contribution is 7.12. The van der Waals surface area contributed by atoms with Crippen molar-refractivity contribution in [2.24, 2.45) is 0 Å². The van der Waals surface area contributed by atoms with E-state index >= 15 is 0 Å². The van der Waals surface area contributed by atoms with Crippen LogP contribution in [0.15, 0.2) is 18.3 Å². The molecule has 2 aromatic rings. The Morgan fingerprint density at radius 2 is 2.19 bits per heavy atom. The zero-order valence-electron chi connectivity index (χ0n) is 8.94. The van der Waals surface area contributed by atoms with Crippen LogP contribution in [0.2, 0.25) is 0 Å². The summed E-state index contributed by atoms with van der Waals surface area (Å²) < 4.78 is 12.7. The predicted molar refractivity (Wildman–Crippen MR) is 60.7 cm³/mol. The van der Waals surface area contributed by atoms with Crippen molar-refractivity contribution in [1.29, 1.82) is 0 Å². The van der Waals surface area contributed by atoms with Crippen molar-refractivity contribution in [3.8, 4) is 11.4 Å². The summed E-state index contributed by atoms with van der Waals surface area (Å²) >= 11 is 1.43. The highest BCUT2D eigenvalue weighted by atomic mass is 32.1. The van der Waals surface area contributed by atoms with E-state index in [4.69, 9.17) is 0 Å². The lowest BCUT2D eigenvalue weighted by Crippen LogP contribution is -1.90. The molecule has 2 aromatic heterocycles. The van der Waals surface area contributed by atoms with E-state index in [1.807, 2.05) is 6.92 Å². The van der Waals surface area contributed by atoms with Gasteiger partial charge < -0.3 is 5.11 Å². The van der Waals surface area contributed by atoms with Crippen LogP contribution < -0.4 is 0 Å². The Kier molecular flexibility index (Phi) is 2.98. The summed E-state index contributed by atoms with van der Waals surface area (Å²) in [4.78, 5) is 9.23. The first-order valence-electron chi connectivity index (χ1n) is 4.85. The molecule has 16 heavy (non-hydrogen) atoms. The number of nitrogens with zero attached hydrogens (tertiary/aromatic N) is 2. The lowest BCUT2D eigenvalue weighted by molar-refractivity contribution is 0.199. The third-order valence-electron chi connectivity index (χ3n) is 2.14. The summed E-state index contributed by atoms with van der Waals surface area (Å²) in [6, 6.07) is 2.94. The zero-order chi connectivity index (χ0) is 11.7. The molecule has 0 bridgehead atoms. The fourth-order valence-electron chi connectivity index (χ4n) is 1.35. The van der Waals surface area contributed by atoms with Crippen LogP contribution in [0.5, 0.6) is 0 Å². The second-order valence-corrected chi connectivity index (χ2v) is 4.73. The molecular weight excluding hydrogens is 227 g/mol. The third-order valence-corrected chi connectivity index (χ3v) is 3.28. The van der Waals surface area contributed by atoms with Crippen LogP contribution >= 0.6 is 11.3 Å². The van der Waals surface area contributed by atoms with Gasteiger partial charge in [0, 0.05) is 4.88 Å². The van der Waals surface area contributed by atoms with Crippen molar-refractivity contribution in [1.82, 2.24) is 9.97 Å². The number of aliphatic hydroxyl groups is 1. The second-order valence-electron chi connectivity index (χ2n) is 3.49. The van der Waals surface area contributed by atoms with Gasteiger partial charge in [-0.1, -0.05) is 0 Å². The van der Waals surface area contributed by atoms with Crippen molar-refractivity contribution < 1.29 is 9.50 Å². The Labute approximate surface area is 96.6 Å². The Balaban J connectivity index is 2.44. The molecular formula is C11H11FN2OS. The van der Waals surface area contributed by atoms with Crippen LogP contribution in [0.1, 0.15) is 22.9 Å². The van der Waals surface area contributed by atoms with Crippen LogP contribution in [0.3, 0.4) is 0 Å². The maximum atomic E-state index is 12.7. The summed E-state index contributed by atoms with van der Waals surface area (Å²) in [7, 11) is 0. The van der Waals surface area contributed by atoms with Crippen molar-refractivity contribution in [2.45, 2.75) is 20.0 Å². The minimum atomic E-state index is -0.585. The van der Waals surface area contributed by atoms with Gasteiger partial charge in [0.05, 0.1) is 11.9 Å². The maximum Gasteiger partial charge on any atom is 0.141 e. The summed E-state index contributed by atoms with van der Waals surface area (Å²) in [5.74, 6) is -0.368. The first kappa shape index (κ1) is 11.2. The van der Waals surface area contributed by atoms with Gasteiger partial charge in [-0.05, 0) is 26.0 Å². The van der Waals surface area contributed by atoms with Crippen LogP contribution in [-0.2, 0) is 0 Å². The lowest BCUT2D eigenvalue weighted by atomic mass is 10.2. The molecule has 0 saturated carbocycles. The summed E-state index contributed by atoms with van der Waals surface area (Å²) in [6.07, 6.45) is 0.578. The first-order valence-corrected chi connectivity index (χ1v) is 5.67. The van der Waals surface area contributed by atoms with Gasteiger partial charge in [-0.25, -0.2) is 9.37 Å². The summed E-state index contributed by atoms with van der Waals surface area (Å²) in [6.45, 7) is 3.57. The predicted octanol–water partition coefficient (Wildman–Crippen LogP) is 2.71. The van der Waals surface area contributed by atoms with Crippen molar-refractivity contribution in [3.63, 3.8) is 0 Å². The molecule has 0 aliphatic carbocycles. The number of halogens is 1. The average Bonchev–Trinajstić information content (AvgIpc) is 2.62. The molecule has 0 aromatic carbocycles. The van der Waals surface area contributed by atoms with E-state index in [0.29, 0.717) is 16.4 Å². The van der Waals surface area contributed by atoms with E-state index < -0.39 is 6.10 Å². The Hall–Kier alpha value is -1.33. The lowest BCUT2D eigenvalue weighted by Gasteiger charge is -1.97. The molecule has 0 fully saturated rings. The molecule has 5 heteroatoms. The molecule has 0 aliphatic rings. The van der Waals surface area contributed by atoms with Gasteiger partial charge in [0.2, 0.25) is 0 Å². The third kappa shape index (κ3) is 2.10. The molecule has 0 spiro atoms. The smallest absolute Gasteiger partial charge is 0.141 e. The van der Waals surface area contributed by atoms with Gasteiger partial charge >= 0.3 is 0 Å². The number of rotatable bonds is 2. The molecule has 0 amide bonds. The topological polar surface area (TPSA) is 46.0 Å². The standard InChI is InChI=1S/C11H11FN2OS/c1-6(15)11-14-10(7(2)16-11)9-4-3-8(12)5-13-9/h3-6,15H,1-2H3. The molecule has 0 radical (unpaired) electrons. The van der Waals surface area contributed by atoms with Gasteiger partial charge in [0.15, 0.2) is 0 Å². The van der Waals surface area contributed by atoms with Gasteiger partial charge in [0.25, 0.3) is 0 Å². The quantitative estimate of drug-likeness (QED) is 0.875. The largest absolute Gasteiger partial charge is 0.386 e. The fourth-order valence-corrected chi connectivity index (χ4v) is 2.22. The average molecular weight is 238 g/mol. The maximum absolute atomic E-state index is 12.7. The molecule has 3 nitrogen and oxygen atoms in total. The van der Waals surface area contributed by atoms with Gasteiger partial charge in [-0.15, -0.1) is 11.3 Å². The Bertz CT molecular complexity index is 493. The number of aromatic nitrogens is 2. The molecule has 1 N–H and O–H groups in total. The van der Waals surface area contributed by atoms with Crippen LogP contribution in [0, 0.1) is 12.7 Å². The molecule has 2 heterocycles. The highest BCUT2D eigenvalue weighted by Gasteiger charge is 2.13. The van der Waals surface area contributed by atoms with E-state index in [0.717, 1.165) is 11.1 Å². The summed E-state index contributed by atoms with van der Waals surface area (Å²) in [5.41, 5.74) is 1.34. The molecule has 84 valence electrons. The molecule has 1 unspecified atom stereocenters. The van der Waals surface area contributed by atoms with E-state index in [2.05, 4.69) is 9.97 Å². The van der Waals surface area contributed by atoms with E-state index in [-0.39, 0.29) is 5.82 Å². The number of aliphatic hydroxyl groups excluding tert-OH is 1. The van der Waals surface area contributed by atoms with Crippen molar-refractivity contribution in [2.75, 3.05) is 0 Å².